The van der Waals surface area contributed by atoms with Gasteiger partial charge in [-0.15, -0.1) is 11.3 Å². The number of H-pyrrole nitrogens is 1. The number of likely N-dealkylation sites (tertiary alicyclic amines) is 1. The van der Waals surface area contributed by atoms with Crippen LogP contribution >= 0.6 is 11.3 Å². The molecule has 1 fully saturated rings. The fourth-order valence-corrected chi connectivity index (χ4v) is 3.72. The third kappa shape index (κ3) is 2.63. The topological polar surface area (TPSA) is 75.0 Å². The van der Waals surface area contributed by atoms with Crippen LogP contribution in [0.1, 0.15) is 32.0 Å². The van der Waals surface area contributed by atoms with Gasteiger partial charge in [0.1, 0.15) is 10.5 Å². The Balaban J connectivity index is 1.86. The van der Waals surface area contributed by atoms with E-state index in [2.05, 4.69) is 21.8 Å². The lowest BCUT2D eigenvalue weighted by Crippen LogP contribution is -2.48. The minimum absolute atomic E-state index is 0.0330. The molecule has 0 aromatic carbocycles. The molecule has 2 unspecified atom stereocenters. The minimum atomic E-state index is -0.0330. The maximum atomic E-state index is 12.0. The molecule has 3 rings (SSSR count). The number of fused-ring (bicyclic) bond motifs is 1. The van der Waals surface area contributed by atoms with E-state index < -0.39 is 0 Å². The summed E-state index contributed by atoms with van der Waals surface area (Å²) < 4.78 is 0.705. The molecule has 2 atom stereocenters. The molecule has 3 heterocycles. The summed E-state index contributed by atoms with van der Waals surface area (Å²) in [7, 11) is 0. The molecule has 2 aromatic rings. The van der Waals surface area contributed by atoms with Crippen molar-refractivity contribution < 1.29 is 0 Å². The summed E-state index contributed by atoms with van der Waals surface area (Å²) >= 11 is 1.43. The number of thiophene rings is 1. The highest BCUT2D eigenvalue weighted by Gasteiger charge is 2.26. The van der Waals surface area contributed by atoms with Crippen molar-refractivity contribution in [2.24, 2.45) is 5.73 Å². The molecule has 0 radical (unpaired) electrons. The van der Waals surface area contributed by atoms with Gasteiger partial charge in [0.05, 0.1) is 12.1 Å². The van der Waals surface area contributed by atoms with E-state index in [1.165, 1.54) is 24.2 Å². The summed E-state index contributed by atoms with van der Waals surface area (Å²) in [5.74, 6) is 0.744. The van der Waals surface area contributed by atoms with Crippen LogP contribution in [0.25, 0.3) is 10.2 Å². The monoisotopic (exact) mass is 292 g/mol. The first-order valence-corrected chi connectivity index (χ1v) is 7.99. The van der Waals surface area contributed by atoms with Gasteiger partial charge in [-0.2, -0.15) is 0 Å². The van der Waals surface area contributed by atoms with Gasteiger partial charge in [0, 0.05) is 12.1 Å². The van der Waals surface area contributed by atoms with E-state index >= 15 is 0 Å². The lowest BCUT2D eigenvalue weighted by molar-refractivity contribution is 0.120. The number of aromatic amines is 1. The summed E-state index contributed by atoms with van der Waals surface area (Å²) in [6.07, 6.45) is 3.55. The Morgan fingerprint density at radius 3 is 3.25 bits per heavy atom. The van der Waals surface area contributed by atoms with Crippen LogP contribution in [-0.4, -0.2) is 33.5 Å². The van der Waals surface area contributed by atoms with Crippen LogP contribution in [0, 0.1) is 0 Å². The molecule has 5 nitrogen and oxygen atoms in total. The van der Waals surface area contributed by atoms with Crippen LogP contribution in [0.15, 0.2) is 16.2 Å². The zero-order valence-electron chi connectivity index (χ0n) is 11.6. The van der Waals surface area contributed by atoms with Crippen molar-refractivity contribution in [3.63, 3.8) is 0 Å². The molecule has 1 aliphatic heterocycles. The zero-order chi connectivity index (χ0) is 14.1. The number of aromatic nitrogens is 2. The molecule has 6 heteroatoms. The molecule has 1 aliphatic rings. The molecule has 0 saturated carbocycles. The number of hydrogen-bond donors (Lipinski definition) is 2. The zero-order valence-corrected chi connectivity index (χ0v) is 12.4. The Labute approximate surface area is 121 Å². The summed E-state index contributed by atoms with van der Waals surface area (Å²) in [5, 5.41) is 1.91. The third-order valence-corrected chi connectivity index (χ3v) is 4.89. The first-order chi connectivity index (χ1) is 9.65. The number of piperidine rings is 1. The van der Waals surface area contributed by atoms with E-state index in [0.29, 0.717) is 17.3 Å². The lowest BCUT2D eigenvalue weighted by atomic mass is 9.97. The maximum absolute atomic E-state index is 12.0. The summed E-state index contributed by atoms with van der Waals surface area (Å²) in [5.41, 5.74) is 6.84. The lowest BCUT2D eigenvalue weighted by Gasteiger charge is -2.37. The van der Waals surface area contributed by atoms with Crippen molar-refractivity contribution in [1.82, 2.24) is 14.9 Å². The van der Waals surface area contributed by atoms with Crippen molar-refractivity contribution in [3.05, 3.63) is 27.6 Å². The Morgan fingerprint density at radius 2 is 2.45 bits per heavy atom. The van der Waals surface area contributed by atoms with E-state index in [-0.39, 0.29) is 11.6 Å². The highest BCUT2D eigenvalue weighted by molar-refractivity contribution is 7.17. The van der Waals surface area contributed by atoms with Crippen LogP contribution in [-0.2, 0) is 6.54 Å². The average molecular weight is 292 g/mol. The first-order valence-electron chi connectivity index (χ1n) is 7.11. The van der Waals surface area contributed by atoms with Crippen LogP contribution in [0.4, 0.5) is 0 Å². The maximum Gasteiger partial charge on any atom is 0.268 e. The Kier molecular flexibility index (Phi) is 3.87. The van der Waals surface area contributed by atoms with Crippen LogP contribution in [0.5, 0.6) is 0 Å². The largest absolute Gasteiger partial charge is 0.327 e. The fourth-order valence-electron chi connectivity index (χ4n) is 3.00. The smallest absolute Gasteiger partial charge is 0.268 e. The standard InChI is InChI=1S/C14H20N4OS/c1-9(15)11-4-2-3-6-18(11)8-12-16-10-5-7-20-13(10)14(19)17-12/h5,7,9,11H,2-4,6,8,15H2,1H3,(H,16,17,19). The van der Waals surface area contributed by atoms with Gasteiger partial charge >= 0.3 is 0 Å². The molecule has 0 aliphatic carbocycles. The van der Waals surface area contributed by atoms with Gasteiger partial charge in [-0.05, 0) is 37.8 Å². The molecular formula is C14H20N4OS. The second-order valence-electron chi connectivity index (χ2n) is 5.54. The highest BCUT2D eigenvalue weighted by Crippen LogP contribution is 2.21. The van der Waals surface area contributed by atoms with Gasteiger partial charge in [-0.25, -0.2) is 4.98 Å². The first kappa shape index (κ1) is 13.7. The number of nitrogens with two attached hydrogens (primary N) is 1. The van der Waals surface area contributed by atoms with E-state index in [1.54, 1.807) is 0 Å². The predicted molar refractivity (Wildman–Crippen MR) is 81.9 cm³/mol. The normalized spacial score (nSPS) is 22.2. The Morgan fingerprint density at radius 1 is 1.60 bits per heavy atom. The average Bonchev–Trinajstić information content (AvgIpc) is 2.88. The van der Waals surface area contributed by atoms with E-state index in [9.17, 15) is 4.79 Å². The van der Waals surface area contributed by atoms with Gasteiger partial charge < -0.3 is 10.7 Å². The Bertz CT molecular complexity index is 648. The quantitative estimate of drug-likeness (QED) is 0.902. The molecule has 2 aromatic heterocycles. The summed E-state index contributed by atoms with van der Waals surface area (Å²) in [6, 6.07) is 2.43. The van der Waals surface area contributed by atoms with Gasteiger partial charge in [0.15, 0.2) is 0 Å². The second kappa shape index (κ2) is 5.63. The van der Waals surface area contributed by atoms with E-state index in [1.807, 2.05) is 11.4 Å². The predicted octanol–water partition coefficient (Wildman–Crippen LogP) is 1.69. The molecule has 0 amide bonds. The van der Waals surface area contributed by atoms with E-state index in [0.717, 1.165) is 24.3 Å². The third-order valence-electron chi connectivity index (χ3n) is 3.99. The number of nitrogens with one attached hydrogen (secondary N) is 1. The fraction of sp³-hybridized carbons (Fsp3) is 0.571. The number of hydrogen-bond acceptors (Lipinski definition) is 5. The summed E-state index contributed by atoms with van der Waals surface area (Å²) in [4.78, 5) is 21.8. The Hall–Kier alpha value is -1.24. The highest BCUT2D eigenvalue weighted by atomic mass is 32.1. The van der Waals surface area contributed by atoms with Gasteiger partial charge in [-0.1, -0.05) is 6.42 Å². The minimum Gasteiger partial charge on any atom is -0.327 e. The van der Waals surface area contributed by atoms with Crippen molar-refractivity contribution in [2.75, 3.05) is 6.54 Å². The van der Waals surface area contributed by atoms with Crippen molar-refractivity contribution in [1.29, 1.82) is 0 Å². The van der Waals surface area contributed by atoms with Crippen LogP contribution in [0.2, 0.25) is 0 Å². The van der Waals surface area contributed by atoms with Crippen molar-refractivity contribution in [2.45, 2.75) is 44.8 Å². The van der Waals surface area contributed by atoms with Gasteiger partial charge in [0.2, 0.25) is 0 Å². The summed E-state index contributed by atoms with van der Waals surface area (Å²) in [6.45, 7) is 3.76. The van der Waals surface area contributed by atoms with E-state index in [4.69, 9.17) is 5.73 Å². The molecule has 20 heavy (non-hydrogen) atoms. The molecule has 1 saturated heterocycles. The molecule has 0 bridgehead atoms. The molecular weight excluding hydrogens is 272 g/mol. The second-order valence-corrected chi connectivity index (χ2v) is 6.46. The number of nitrogens with zero attached hydrogens (tertiary/aromatic N) is 2. The SMILES string of the molecule is CC(N)C1CCCCN1Cc1nc2ccsc2c(=O)[nH]1. The molecule has 3 N–H and O–H groups in total. The van der Waals surface area contributed by atoms with Crippen molar-refractivity contribution >= 4 is 21.6 Å². The van der Waals surface area contributed by atoms with Crippen LogP contribution < -0.4 is 11.3 Å². The van der Waals surface area contributed by atoms with Gasteiger partial charge in [0.25, 0.3) is 5.56 Å². The van der Waals surface area contributed by atoms with Gasteiger partial charge in [-0.3, -0.25) is 9.69 Å². The molecule has 0 spiro atoms. The van der Waals surface area contributed by atoms with Crippen molar-refractivity contribution in [3.8, 4) is 0 Å². The van der Waals surface area contributed by atoms with Crippen LogP contribution in [0.3, 0.4) is 0 Å². The molecule has 108 valence electrons. The number of rotatable bonds is 3.